The van der Waals surface area contributed by atoms with Crippen molar-refractivity contribution in [1.29, 1.82) is 0 Å². The summed E-state index contributed by atoms with van der Waals surface area (Å²) in [6.07, 6.45) is 6.53. The van der Waals surface area contributed by atoms with Crippen LogP contribution in [0.25, 0.3) is 0 Å². The number of cyclic esters (lactones) is 1. The summed E-state index contributed by atoms with van der Waals surface area (Å²) in [6.45, 7) is 2.79. The molecule has 1 heterocycles. The van der Waals surface area contributed by atoms with Crippen molar-refractivity contribution in [3.05, 3.63) is 0 Å². The van der Waals surface area contributed by atoms with Crippen LogP contribution < -0.4 is 5.73 Å². The number of rotatable bonds is 1. The smallest absolute Gasteiger partial charge is 0.306 e. The Kier molecular flexibility index (Phi) is 3.01. The Hall–Kier alpha value is -0.570. The fourth-order valence-electron chi connectivity index (χ4n) is 3.13. The SMILES string of the molecule is CC1CCCC2(CC1)CC(=O)OC2CN. The molecule has 3 nitrogen and oxygen atoms in total. The van der Waals surface area contributed by atoms with Crippen molar-refractivity contribution >= 4 is 5.97 Å². The van der Waals surface area contributed by atoms with E-state index in [1.54, 1.807) is 0 Å². The molecule has 1 spiro atoms. The lowest BCUT2D eigenvalue weighted by Crippen LogP contribution is -2.36. The molecule has 1 aliphatic heterocycles. The first-order chi connectivity index (χ1) is 7.16. The van der Waals surface area contributed by atoms with Crippen LogP contribution in [0.2, 0.25) is 0 Å². The normalized spacial score (nSPS) is 41.6. The Bertz CT molecular complexity index is 254. The highest BCUT2D eigenvalue weighted by molar-refractivity contribution is 5.73. The first kappa shape index (κ1) is 10.9. The maximum Gasteiger partial charge on any atom is 0.306 e. The van der Waals surface area contributed by atoms with E-state index in [1.807, 2.05) is 0 Å². The standard InChI is InChI=1S/C12H21NO2/c1-9-3-2-5-12(6-4-9)7-11(14)15-10(12)8-13/h9-10H,2-8,13H2,1H3. The highest BCUT2D eigenvalue weighted by Crippen LogP contribution is 2.47. The summed E-state index contributed by atoms with van der Waals surface area (Å²) in [5.74, 6) is 0.749. The quantitative estimate of drug-likeness (QED) is 0.673. The van der Waals surface area contributed by atoms with Crippen LogP contribution in [0.3, 0.4) is 0 Å². The van der Waals surface area contributed by atoms with Crippen LogP contribution in [0.5, 0.6) is 0 Å². The summed E-state index contributed by atoms with van der Waals surface area (Å²) in [7, 11) is 0. The van der Waals surface area contributed by atoms with Gasteiger partial charge in [-0.2, -0.15) is 0 Å². The van der Waals surface area contributed by atoms with E-state index >= 15 is 0 Å². The lowest BCUT2D eigenvalue weighted by molar-refractivity contribution is -0.141. The minimum atomic E-state index is -0.0417. The van der Waals surface area contributed by atoms with Gasteiger partial charge in [0.15, 0.2) is 0 Å². The third-order valence-corrected chi connectivity index (χ3v) is 4.17. The van der Waals surface area contributed by atoms with Crippen molar-refractivity contribution in [2.45, 2.75) is 51.6 Å². The first-order valence-corrected chi connectivity index (χ1v) is 6.06. The van der Waals surface area contributed by atoms with Crippen LogP contribution in [0.1, 0.15) is 45.4 Å². The second-order valence-electron chi connectivity index (χ2n) is 5.29. The van der Waals surface area contributed by atoms with Crippen LogP contribution >= 0.6 is 0 Å². The molecule has 1 saturated carbocycles. The van der Waals surface area contributed by atoms with Crippen LogP contribution in [-0.4, -0.2) is 18.6 Å². The molecule has 0 bridgehead atoms. The maximum absolute atomic E-state index is 11.4. The van der Waals surface area contributed by atoms with Crippen molar-refractivity contribution in [3.8, 4) is 0 Å². The summed E-state index contributed by atoms with van der Waals surface area (Å²) < 4.78 is 5.33. The van der Waals surface area contributed by atoms with Gasteiger partial charge in [0.2, 0.25) is 0 Å². The molecule has 2 aliphatic rings. The van der Waals surface area contributed by atoms with Gasteiger partial charge in [0.1, 0.15) is 6.10 Å². The van der Waals surface area contributed by atoms with Gasteiger partial charge in [0, 0.05) is 12.0 Å². The molecular formula is C12H21NO2. The number of ether oxygens (including phenoxy) is 1. The van der Waals surface area contributed by atoms with Crippen LogP contribution in [0.15, 0.2) is 0 Å². The van der Waals surface area contributed by atoms with Crippen molar-refractivity contribution < 1.29 is 9.53 Å². The van der Waals surface area contributed by atoms with E-state index in [1.165, 1.54) is 19.3 Å². The molecule has 0 aromatic rings. The zero-order chi connectivity index (χ0) is 10.9. The fraction of sp³-hybridized carbons (Fsp3) is 0.917. The van der Waals surface area contributed by atoms with Gasteiger partial charge < -0.3 is 10.5 Å². The van der Waals surface area contributed by atoms with Crippen LogP contribution in [0.4, 0.5) is 0 Å². The lowest BCUT2D eigenvalue weighted by Gasteiger charge is -2.30. The van der Waals surface area contributed by atoms with Crippen LogP contribution in [0, 0.1) is 11.3 Å². The summed E-state index contributed by atoms with van der Waals surface area (Å²) in [5.41, 5.74) is 5.79. The van der Waals surface area contributed by atoms with Crippen LogP contribution in [-0.2, 0) is 9.53 Å². The van der Waals surface area contributed by atoms with E-state index in [2.05, 4.69) is 6.92 Å². The van der Waals surface area contributed by atoms with E-state index in [0.717, 1.165) is 18.8 Å². The van der Waals surface area contributed by atoms with Gasteiger partial charge in [0.05, 0.1) is 6.42 Å². The molecule has 0 aromatic heterocycles. The molecule has 2 fully saturated rings. The average Bonchev–Trinajstić information content (AvgIpc) is 2.40. The topological polar surface area (TPSA) is 52.3 Å². The summed E-state index contributed by atoms with van der Waals surface area (Å²) in [6, 6.07) is 0. The minimum Gasteiger partial charge on any atom is -0.460 e. The number of esters is 1. The second kappa shape index (κ2) is 4.12. The first-order valence-electron chi connectivity index (χ1n) is 6.06. The number of hydrogen-bond acceptors (Lipinski definition) is 3. The van der Waals surface area contributed by atoms with Gasteiger partial charge in [-0.15, -0.1) is 0 Å². The second-order valence-corrected chi connectivity index (χ2v) is 5.29. The molecule has 0 aromatic carbocycles. The third kappa shape index (κ3) is 2.03. The predicted octanol–water partition coefficient (Wildman–Crippen LogP) is 1.85. The highest BCUT2D eigenvalue weighted by atomic mass is 16.6. The molecule has 2 N–H and O–H groups in total. The lowest BCUT2D eigenvalue weighted by atomic mass is 9.74. The monoisotopic (exact) mass is 211 g/mol. The molecule has 0 radical (unpaired) electrons. The van der Waals surface area contributed by atoms with Crippen molar-refractivity contribution in [2.75, 3.05) is 6.54 Å². The Morgan fingerprint density at radius 1 is 1.47 bits per heavy atom. The maximum atomic E-state index is 11.4. The number of carbonyl (C=O) groups is 1. The predicted molar refractivity (Wildman–Crippen MR) is 58.2 cm³/mol. The molecule has 15 heavy (non-hydrogen) atoms. The minimum absolute atomic E-state index is 0.0182. The molecule has 3 atom stereocenters. The van der Waals surface area contributed by atoms with Gasteiger partial charge in [-0.25, -0.2) is 0 Å². The highest BCUT2D eigenvalue weighted by Gasteiger charge is 2.48. The number of nitrogens with two attached hydrogens (primary N) is 1. The molecule has 3 heteroatoms. The Labute approximate surface area is 91.4 Å². The molecule has 2 rings (SSSR count). The Balaban J connectivity index is 2.13. The molecule has 0 amide bonds. The zero-order valence-corrected chi connectivity index (χ0v) is 9.50. The molecular weight excluding hydrogens is 190 g/mol. The largest absolute Gasteiger partial charge is 0.460 e. The number of hydrogen-bond donors (Lipinski definition) is 1. The molecule has 1 aliphatic carbocycles. The van der Waals surface area contributed by atoms with E-state index in [9.17, 15) is 4.79 Å². The average molecular weight is 211 g/mol. The third-order valence-electron chi connectivity index (χ3n) is 4.17. The zero-order valence-electron chi connectivity index (χ0n) is 9.50. The summed E-state index contributed by atoms with van der Waals surface area (Å²) >= 11 is 0. The van der Waals surface area contributed by atoms with Gasteiger partial charge in [-0.3, -0.25) is 4.79 Å². The molecule has 3 unspecified atom stereocenters. The van der Waals surface area contributed by atoms with Gasteiger partial charge >= 0.3 is 5.97 Å². The molecule has 1 saturated heterocycles. The summed E-state index contributed by atoms with van der Waals surface area (Å²) in [4.78, 5) is 11.4. The Morgan fingerprint density at radius 2 is 2.27 bits per heavy atom. The van der Waals surface area contributed by atoms with Gasteiger partial charge in [-0.05, 0) is 18.8 Å². The Morgan fingerprint density at radius 3 is 3.00 bits per heavy atom. The molecule has 86 valence electrons. The van der Waals surface area contributed by atoms with Crippen molar-refractivity contribution in [2.24, 2.45) is 17.1 Å². The number of carbonyl (C=O) groups excluding carboxylic acids is 1. The van der Waals surface area contributed by atoms with Gasteiger partial charge in [-0.1, -0.05) is 26.2 Å². The van der Waals surface area contributed by atoms with E-state index < -0.39 is 0 Å². The van der Waals surface area contributed by atoms with E-state index in [0.29, 0.717) is 13.0 Å². The summed E-state index contributed by atoms with van der Waals surface area (Å²) in [5, 5.41) is 0. The van der Waals surface area contributed by atoms with E-state index in [4.69, 9.17) is 10.5 Å². The van der Waals surface area contributed by atoms with Crippen molar-refractivity contribution in [3.63, 3.8) is 0 Å². The fourth-order valence-corrected chi connectivity index (χ4v) is 3.13. The van der Waals surface area contributed by atoms with Crippen molar-refractivity contribution in [1.82, 2.24) is 0 Å². The van der Waals surface area contributed by atoms with E-state index in [-0.39, 0.29) is 17.5 Å². The van der Waals surface area contributed by atoms with Gasteiger partial charge in [0.25, 0.3) is 0 Å².